The lowest BCUT2D eigenvalue weighted by atomic mass is 10.0. The Balaban J connectivity index is 3.72. The van der Waals surface area contributed by atoms with Crippen LogP contribution in [0.25, 0.3) is 0 Å². The van der Waals surface area contributed by atoms with Crippen molar-refractivity contribution >= 4 is 5.78 Å². The molecule has 0 bridgehead atoms. The Labute approximate surface area is 74.3 Å². The van der Waals surface area contributed by atoms with Crippen LogP contribution < -0.4 is 5.73 Å². The maximum Gasteiger partial charge on any atom is 0.154 e. The van der Waals surface area contributed by atoms with Crippen LogP contribution in [0.15, 0.2) is 0 Å². The standard InChI is InChI=1S/C9H19NO2/c1-6(2)9(11)8(10)5-12-7(3)4/h6-8H,5,10H2,1-4H3. The van der Waals surface area contributed by atoms with Gasteiger partial charge >= 0.3 is 0 Å². The summed E-state index contributed by atoms with van der Waals surface area (Å²) in [6.45, 7) is 7.86. The second-order valence-electron chi connectivity index (χ2n) is 3.55. The molecule has 0 spiro atoms. The van der Waals surface area contributed by atoms with E-state index in [1.165, 1.54) is 0 Å². The molecule has 12 heavy (non-hydrogen) atoms. The molecule has 3 heteroatoms. The van der Waals surface area contributed by atoms with Crippen molar-refractivity contribution < 1.29 is 9.53 Å². The number of ketones is 1. The van der Waals surface area contributed by atoms with Crippen LogP contribution >= 0.6 is 0 Å². The summed E-state index contributed by atoms with van der Waals surface area (Å²) in [6.07, 6.45) is 0.135. The van der Waals surface area contributed by atoms with Crippen molar-refractivity contribution in [3.63, 3.8) is 0 Å². The maximum atomic E-state index is 11.3. The van der Waals surface area contributed by atoms with Gasteiger partial charge in [-0.05, 0) is 13.8 Å². The van der Waals surface area contributed by atoms with Gasteiger partial charge in [-0.2, -0.15) is 0 Å². The fraction of sp³-hybridized carbons (Fsp3) is 0.889. The van der Waals surface area contributed by atoms with Crippen LogP contribution in [-0.4, -0.2) is 24.5 Å². The smallest absolute Gasteiger partial charge is 0.154 e. The van der Waals surface area contributed by atoms with Crippen LogP contribution in [0.4, 0.5) is 0 Å². The van der Waals surface area contributed by atoms with Gasteiger partial charge in [0.1, 0.15) is 0 Å². The second kappa shape index (κ2) is 5.27. The molecule has 1 unspecified atom stereocenters. The molecule has 0 saturated heterocycles. The molecule has 2 N–H and O–H groups in total. The summed E-state index contributed by atoms with van der Waals surface area (Å²) < 4.78 is 5.23. The molecule has 0 fully saturated rings. The van der Waals surface area contributed by atoms with Gasteiger partial charge in [-0.3, -0.25) is 4.79 Å². The van der Waals surface area contributed by atoms with Gasteiger partial charge in [0.25, 0.3) is 0 Å². The van der Waals surface area contributed by atoms with E-state index < -0.39 is 6.04 Å². The molecule has 0 amide bonds. The van der Waals surface area contributed by atoms with E-state index in [2.05, 4.69) is 0 Å². The molecule has 0 rings (SSSR count). The molecule has 0 aliphatic rings. The fourth-order valence-corrected chi connectivity index (χ4v) is 0.806. The zero-order valence-corrected chi connectivity index (χ0v) is 8.33. The van der Waals surface area contributed by atoms with Gasteiger partial charge in [-0.1, -0.05) is 13.8 Å². The zero-order valence-electron chi connectivity index (χ0n) is 8.33. The Hall–Kier alpha value is -0.410. The first-order chi connectivity index (χ1) is 5.45. The minimum atomic E-state index is -0.465. The number of nitrogens with two attached hydrogens (primary N) is 1. The predicted molar refractivity (Wildman–Crippen MR) is 48.9 cm³/mol. The SMILES string of the molecule is CC(C)OCC(N)C(=O)C(C)C. The van der Waals surface area contributed by atoms with E-state index in [-0.39, 0.29) is 17.8 Å². The van der Waals surface area contributed by atoms with E-state index in [4.69, 9.17) is 10.5 Å². The number of rotatable bonds is 5. The lowest BCUT2D eigenvalue weighted by Crippen LogP contribution is -2.38. The molecular weight excluding hydrogens is 154 g/mol. The van der Waals surface area contributed by atoms with Crippen molar-refractivity contribution in [1.82, 2.24) is 0 Å². The van der Waals surface area contributed by atoms with Gasteiger partial charge in [-0.25, -0.2) is 0 Å². The van der Waals surface area contributed by atoms with Gasteiger partial charge in [-0.15, -0.1) is 0 Å². The second-order valence-corrected chi connectivity index (χ2v) is 3.55. The van der Waals surface area contributed by atoms with Crippen LogP contribution in [0, 0.1) is 5.92 Å². The first-order valence-corrected chi connectivity index (χ1v) is 4.36. The van der Waals surface area contributed by atoms with Crippen molar-refractivity contribution in [2.45, 2.75) is 39.8 Å². The number of carbonyl (C=O) groups excluding carboxylic acids is 1. The first-order valence-electron chi connectivity index (χ1n) is 4.36. The van der Waals surface area contributed by atoms with E-state index >= 15 is 0 Å². The van der Waals surface area contributed by atoms with E-state index in [0.717, 1.165) is 0 Å². The molecule has 0 radical (unpaired) electrons. The van der Waals surface area contributed by atoms with Crippen LogP contribution in [0.5, 0.6) is 0 Å². The third-order valence-electron chi connectivity index (χ3n) is 1.54. The third kappa shape index (κ3) is 4.46. The molecule has 0 aliphatic carbocycles. The van der Waals surface area contributed by atoms with Gasteiger partial charge in [0.15, 0.2) is 5.78 Å². The Kier molecular flexibility index (Phi) is 5.09. The highest BCUT2D eigenvalue weighted by molar-refractivity contribution is 5.85. The predicted octanol–water partition coefficient (Wildman–Crippen LogP) is 0.964. The summed E-state index contributed by atoms with van der Waals surface area (Å²) in [7, 11) is 0. The van der Waals surface area contributed by atoms with Gasteiger partial charge in [0.05, 0.1) is 18.8 Å². The van der Waals surface area contributed by atoms with Crippen LogP contribution in [0.1, 0.15) is 27.7 Å². The number of carbonyl (C=O) groups is 1. The minimum Gasteiger partial charge on any atom is -0.377 e. The molecule has 1 atom stereocenters. The quantitative estimate of drug-likeness (QED) is 0.673. The topological polar surface area (TPSA) is 52.3 Å². The highest BCUT2D eigenvalue weighted by Crippen LogP contribution is 1.99. The summed E-state index contributed by atoms with van der Waals surface area (Å²) in [5.74, 6) is 0.0615. The summed E-state index contributed by atoms with van der Waals surface area (Å²) in [4.78, 5) is 11.3. The Morgan fingerprint density at radius 2 is 1.83 bits per heavy atom. The molecule has 0 saturated carbocycles. The van der Waals surface area contributed by atoms with Crippen molar-refractivity contribution in [1.29, 1.82) is 0 Å². The molecule has 0 aliphatic heterocycles. The fourth-order valence-electron chi connectivity index (χ4n) is 0.806. The average Bonchev–Trinajstić information content (AvgIpc) is 1.98. The van der Waals surface area contributed by atoms with Crippen molar-refractivity contribution in [2.24, 2.45) is 11.7 Å². The largest absolute Gasteiger partial charge is 0.377 e. The molecule has 0 aromatic heterocycles. The molecule has 0 heterocycles. The number of Topliss-reactive ketones (excluding diaryl/α,β-unsaturated/α-hetero) is 1. The van der Waals surface area contributed by atoms with Crippen molar-refractivity contribution in [3.8, 4) is 0 Å². The third-order valence-corrected chi connectivity index (χ3v) is 1.54. The van der Waals surface area contributed by atoms with Crippen LogP contribution in [-0.2, 0) is 9.53 Å². The Bertz CT molecular complexity index is 143. The highest BCUT2D eigenvalue weighted by atomic mass is 16.5. The maximum absolute atomic E-state index is 11.3. The Morgan fingerprint density at radius 1 is 1.33 bits per heavy atom. The highest BCUT2D eigenvalue weighted by Gasteiger charge is 2.17. The molecule has 0 aromatic carbocycles. The molecule has 72 valence electrons. The minimum absolute atomic E-state index is 0.00392. The summed E-state index contributed by atoms with van der Waals surface area (Å²) in [6, 6.07) is -0.465. The van der Waals surface area contributed by atoms with Gasteiger partial charge in [0.2, 0.25) is 0 Å². The number of hydrogen-bond acceptors (Lipinski definition) is 3. The number of hydrogen-bond donors (Lipinski definition) is 1. The van der Waals surface area contributed by atoms with Crippen molar-refractivity contribution in [2.75, 3.05) is 6.61 Å². The summed E-state index contributed by atoms with van der Waals surface area (Å²) >= 11 is 0. The normalized spacial score (nSPS) is 13.9. The summed E-state index contributed by atoms with van der Waals surface area (Å²) in [5, 5.41) is 0. The summed E-state index contributed by atoms with van der Waals surface area (Å²) in [5.41, 5.74) is 5.59. The van der Waals surface area contributed by atoms with Crippen LogP contribution in [0.2, 0.25) is 0 Å². The number of ether oxygens (including phenoxy) is 1. The van der Waals surface area contributed by atoms with Gasteiger partial charge < -0.3 is 10.5 Å². The van der Waals surface area contributed by atoms with E-state index in [0.29, 0.717) is 6.61 Å². The van der Waals surface area contributed by atoms with E-state index in [1.54, 1.807) is 0 Å². The zero-order chi connectivity index (χ0) is 9.72. The lowest BCUT2D eigenvalue weighted by Gasteiger charge is -2.14. The monoisotopic (exact) mass is 173 g/mol. The van der Waals surface area contributed by atoms with Gasteiger partial charge in [0, 0.05) is 5.92 Å². The van der Waals surface area contributed by atoms with E-state index in [9.17, 15) is 4.79 Å². The lowest BCUT2D eigenvalue weighted by molar-refractivity contribution is -0.124. The van der Waals surface area contributed by atoms with E-state index in [1.807, 2.05) is 27.7 Å². The Morgan fingerprint density at radius 3 is 2.17 bits per heavy atom. The molecular formula is C9H19NO2. The van der Waals surface area contributed by atoms with Crippen LogP contribution in [0.3, 0.4) is 0 Å². The first kappa shape index (κ1) is 11.6. The van der Waals surface area contributed by atoms with Crippen molar-refractivity contribution in [3.05, 3.63) is 0 Å². The molecule has 3 nitrogen and oxygen atoms in total. The average molecular weight is 173 g/mol. The molecule has 0 aromatic rings.